The monoisotopic (exact) mass is 141 g/mol. The maximum atomic E-state index is 11.1. The number of ketones is 1. The zero-order chi connectivity index (χ0) is 7.56. The summed E-state index contributed by atoms with van der Waals surface area (Å²) in [6, 6.07) is 0. The molecule has 1 saturated heterocycles. The summed E-state index contributed by atoms with van der Waals surface area (Å²) < 4.78 is 0. The van der Waals surface area contributed by atoms with Crippen molar-refractivity contribution in [1.82, 2.24) is 4.90 Å². The molecule has 2 nitrogen and oxygen atoms in total. The first-order valence-corrected chi connectivity index (χ1v) is 3.95. The van der Waals surface area contributed by atoms with Crippen molar-refractivity contribution < 1.29 is 4.79 Å². The quantitative estimate of drug-likeness (QED) is 0.570. The Hall–Kier alpha value is -0.370. The van der Waals surface area contributed by atoms with E-state index >= 15 is 0 Å². The average Bonchev–Trinajstić information content (AvgIpc) is 2.34. The fourth-order valence-electron chi connectivity index (χ4n) is 1.49. The molecule has 0 amide bonds. The highest BCUT2D eigenvalue weighted by molar-refractivity contribution is 5.81. The van der Waals surface area contributed by atoms with Gasteiger partial charge >= 0.3 is 0 Å². The highest BCUT2D eigenvalue weighted by Gasteiger charge is 2.24. The molecule has 0 aromatic carbocycles. The van der Waals surface area contributed by atoms with Crippen LogP contribution in [0.15, 0.2) is 0 Å². The minimum atomic E-state index is 0.343. The van der Waals surface area contributed by atoms with Gasteiger partial charge in [-0.25, -0.2) is 0 Å². The third-order valence-corrected chi connectivity index (χ3v) is 2.20. The van der Waals surface area contributed by atoms with Crippen molar-refractivity contribution >= 4 is 5.78 Å². The van der Waals surface area contributed by atoms with E-state index in [1.54, 1.807) is 0 Å². The maximum absolute atomic E-state index is 11.1. The molecule has 58 valence electrons. The predicted octanol–water partition coefficient (Wildman–Crippen LogP) is 0.917. The van der Waals surface area contributed by atoms with Gasteiger partial charge in [0.25, 0.3) is 0 Å². The van der Waals surface area contributed by atoms with E-state index in [9.17, 15) is 4.79 Å². The summed E-state index contributed by atoms with van der Waals surface area (Å²) >= 11 is 0. The average molecular weight is 141 g/mol. The second-order valence-electron chi connectivity index (χ2n) is 3.07. The van der Waals surface area contributed by atoms with Crippen LogP contribution < -0.4 is 0 Å². The second kappa shape index (κ2) is 3.15. The second-order valence-corrected chi connectivity index (χ2v) is 3.07. The van der Waals surface area contributed by atoms with Crippen LogP contribution in [0.4, 0.5) is 0 Å². The Balaban J connectivity index is 2.37. The van der Waals surface area contributed by atoms with E-state index in [4.69, 9.17) is 0 Å². The largest absolute Gasteiger partial charge is 0.306 e. The number of hydrogen-bond acceptors (Lipinski definition) is 2. The molecule has 0 saturated carbocycles. The molecular weight excluding hydrogens is 126 g/mol. The van der Waals surface area contributed by atoms with Crippen molar-refractivity contribution in [2.24, 2.45) is 5.92 Å². The normalized spacial score (nSPS) is 27.2. The summed E-state index contributed by atoms with van der Waals surface area (Å²) in [5, 5.41) is 0. The van der Waals surface area contributed by atoms with Crippen LogP contribution in [0.2, 0.25) is 0 Å². The molecule has 0 aromatic heterocycles. The van der Waals surface area contributed by atoms with Gasteiger partial charge in [-0.05, 0) is 20.0 Å². The Labute approximate surface area is 62.2 Å². The molecule has 0 spiro atoms. The van der Waals surface area contributed by atoms with Crippen LogP contribution in [0.25, 0.3) is 0 Å². The van der Waals surface area contributed by atoms with Gasteiger partial charge in [-0.15, -0.1) is 0 Å². The molecule has 0 aromatic rings. The van der Waals surface area contributed by atoms with E-state index in [2.05, 4.69) is 11.9 Å². The van der Waals surface area contributed by atoms with Gasteiger partial charge in [0, 0.05) is 18.9 Å². The predicted molar refractivity (Wildman–Crippen MR) is 40.9 cm³/mol. The van der Waals surface area contributed by atoms with E-state index < -0.39 is 0 Å². The Bertz CT molecular complexity index is 133. The first-order chi connectivity index (χ1) is 4.74. The van der Waals surface area contributed by atoms with Crippen molar-refractivity contribution in [3.05, 3.63) is 0 Å². The Morgan fingerprint density at radius 2 is 2.40 bits per heavy atom. The van der Waals surface area contributed by atoms with Gasteiger partial charge < -0.3 is 4.90 Å². The van der Waals surface area contributed by atoms with E-state index in [1.807, 2.05) is 6.92 Å². The third kappa shape index (κ3) is 1.57. The fourth-order valence-corrected chi connectivity index (χ4v) is 1.49. The molecule has 0 bridgehead atoms. The van der Waals surface area contributed by atoms with Crippen LogP contribution in [0.1, 0.15) is 19.8 Å². The Morgan fingerprint density at radius 3 is 2.80 bits per heavy atom. The molecule has 1 heterocycles. The van der Waals surface area contributed by atoms with Gasteiger partial charge in [0.1, 0.15) is 5.78 Å². The molecule has 0 radical (unpaired) electrons. The number of hydrogen-bond donors (Lipinski definition) is 0. The molecule has 1 aliphatic rings. The first kappa shape index (κ1) is 7.73. The first-order valence-electron chi connectivity index (χ1n) is 3.95. The standard InChI is InChI=1S/C8H15NO/c1-3-8(10)7-4-5-9(2)6-7/h7H,3-6H2,1-2H3/t7-/m0/s1. The van der Waals surface area contributed by atoms with Gasteiger partial charge in [0.05, 0.1) is 0 Å². The summed E-state index contributed by atoms with van der Waals surface area (Å²) in [7, 11) is 2.07. The number of Topliss-reactive ketones (excluding diaryl/α,β-unsaturated/α-hetero) is 1. The van der Waals surface area contributed by atoms with E-state index in [-0.39, 0.29) is 0 Å². The lowest BCUT2D eigenvalue weighted by Crippen LogP contribution is -2.18. The van der Waals surface area contributed by atoms with Crippen LogP contribution in [0.5, 0.6) is 0 Å². The molecule has 1 fully saturated rings. The van der Waals surface area contributed by atoms with Crippen molar-refractivity contribution in [1.29, 1.82) is 0 Å². The van der Waals surface area contributed by atoms with Crippen LogP contribution in [0.3, 0.4) is 0 Å². The number of likely N-dealkylation sites (tertiary alicyclic amines) is 1. The SMILES string of the molecule is CCC(=O)[C@H]1CCN(C)C1. The van der Waals surface area contributed by atoms with Crippen LogP contribution in [-0.4, -0.2) is 30.8 Å². The zero-order valence-corrected chi connectivity index (χ0v) is 6.76. The van der Waals surface area contributed by atoms with Crippen molar-refractivity contribution in [3.8, 4) is 0 Å². The topological polar surface area (TPSA) is 20.3 Å². The smallest absolute Gasteiger partial charge is 0.137 e. The summed E-state index contributed by atoms with van der Waals surface area (Å²) in [6.45, 7) is 4.02. The van der Waals surface area contributed by atoms with Gasteiger partial charge in [0.2, 0.25) is 0 Å². The van der Waals surface area contributed by atoms with Crippen molar-refractivity contribution in [3.63, 3.8) is 0 Å². The number of rotatable bonds is 2. The maximum Gasteiger partial charge on any atom is 0.137 e. The highest BCUT2D eigenvalue weighted by atomic mass is 16.1. The minimum Gasteiger partial charge on any atom is -0.306 e. The van der Waals surface area contributed by atoms with Gasteiger partial charge in [-0.3, -0.25) is 4.79 Å². The number of carbonyl (C=O) groups is 1. The molecule has 10 heavy (non-hydrogen) atoms. The lowest BCUT2D eigenvalue weighted by atomic mass is 10.0. The summed E-state index contributed by atoms with van der Waals surface area (Å²) in [5.74, 6) is 0.777. The molecular formula is C8H15NO. The molecule has 1 aliphatic heterocycles. The van der Waals surface area contributed by atoms with Crippen LogP contribution in [0, 0.1) is 5.92 Å². The fraction of sp³-hybridized carbons (Fsp3) is 0.875. The van der Waals surface area contributed by atoms with Crippen molar-refractivity contribution in [2.45, 2.75) is 19.8 Å². The number of carbonyl (C=O) groups excluding carboxylic acids is 1. The third-order valence-electron chi connectivity index (χ3n) is 2.20. The molecule has 1 atom stereocenters. The zero-order valence-electron chi connectivity index (χ0n) is 6.76. The summed E-state index contributed by atoms with van der Waals surface area (Å²) in [4.78, 5) is 13.4. The summed E-state index contributed by atoms with van der Waals surface area (Å²) in [5.41, 5.74) is 0. The molecule has 0 aliphatic carbocycles. The van der Waals surface area contributed by atoms with Crippen molar-refractivity contribution in [2.75, 3.05) is 20.1 Å². The number of nitrogens with zero attached hydrogens (tertiary/aromatic N) is 1. The van der Waals surface area contributed by atoms with Gasteiger partial charge in [-0.1, -0.05) is 6.92 Å². The Morgan fingerprint density at radius 1 is 1.70 bits per heavy atom. The van der Waals surface area contributed by atoms with Gasteiger partial charge in [0.15, 0.2) is 0 Å². The Kier molecular flexibility index (Phi) is 2.44. The van der Waals surface area contributed by atoms with E-state index in [0.717, 1.165) is 19.5 Å². The molecule has 2 heteroatoms. The van der Waals surface area contributed by atoms with Gasteiger partial charge in [-0.2, -0.15) is 0 Å². The van der Waals surface area contributed by atoms with E-state index in [1.165, 1.54) is 0 Å². The lowest BCUT2D eigenvalue weighted by Gasteiger charge is -2.06. The molecule has 0 unspecified atom stereocenters. The molecule has 1 rings (SSSR count). The minimum absolute atomic E-state index is 0.343. The summed E-state index contributed by atoms with van der Waals surface area (Å²) in [6.07, 6.45) is 1.78. The van der Waals surface area contributed by atoms with Crippen LogP contribution >= 0.6 is 0 Å². The lowest BCUT2D eigenvalue weighted by molar-refractivity contribution is -0.122. The molecule has 0 N–H and O–H groups in total. The highest BCUT2D eigenvalue weighted by Crippen LogP contribution is 2.15. The van der Waals surface area contributed by atoms with Crippen LogP contribution in [-0.2, 0) is 4.79 Å². The van der Waals surface area contributed by atoms with E-state index in [0.29, 0.717) is 18.1 Å².